The summed E-state index contributed by atoms with van der Waals surface area (Å²) in [4.78, 5) is 25.2. The van der Waals surface area contributed by atoms with Gasteiger partial charge in [0.2, 0.25) is 5.91 Å². The Balaban J connectivity index is 1.88. The Labute approximate surface area is 143 Å². The summed E-state index contributed by atoms with van der Waals surface area (Å²) in [5.74, 6) is -0.194. The van der Waals surface area contributed by atoms with Gasteiger partial charge in [-0.2, -0.15) is 0 Å². The summed E-state index contributed by atoms with van der Waals surface area (Å²) in [6.45, 7) is 0.146. The van der Waals surface area contributed by atoms with Crippen molar-refractivity contribution >= 4 is 39.1 Å². The van der Waals surface area contributed by atoms with Gasteiger partial charge in [-0.1, -0.05) is 22.0 Å². The highest BCUT2D eigenvalue weighted by Gasteiger charge is 2.07. The summed E-state index contributed by atoms with van der Waals surface area (Å²) in [5.41, 5.74) is 2.13. The first kappa shape index (κ1) is 17.0. The molecule has 0 bridgehead atoms. The van der Waals surface area contributed by atoms with Crippen molar-refractivity contribution in [1.29, 1.82) is 0 Å². The van der Waals surface area contributed by atoms with E-state index in [4.69, 9.17) is 0 Å². The molecule has 2 rings (SSSR count). The zero-order chi connectivity index (χ0) is 16.8. The molecule has 0 atom stereocenters. The van der Waals surface area contributed by atoms with Gasteiger partial charge in [-0.15, -0.1) is 0 Å². The number of rotatable bonds is 5. The Hall–Kier alpha value is -2.34. The fourth-order valence-corrected chi connectivity index (χ4v) is 2.34. The second-order valence-corrected chi connectivity index (χ2v) is 6.10. The molecule has 120 valence electrons. The van der Waals surface area contributed by atoms with Gasteiger partial charge in [-0.05, 0) is 42.5 Å². The second kappa shape index (κ2) is 7.78. The molecule has 2 N–H and O–H groups in total. The van der Waals surface area contributed by atoms with E-state index in [0.29, 0.717) is 5.56 Å². The summed E-state index contributed by atoms with van der Waals surface area (Å²) < 4.78 is 0.907. The van der Waals surface area contributed by atoms with E-state index in [1.807, 2.05) is 24.3 Å². The molecule has 0 unspecified atom stereocenters. The lowest BCUT2D eigenvalue weighted by molar-refractivity contribution is -0.114. The van der Waals surface area contributed by atoms with Crippen LogP contribution in [0.25, 0.3) is 0 Å². The third kappa shape index (κ3) is 5.10. The van der Waals surface area contributed by atoms with Crippen molar-refractivity contribution in [1.82, 2.24) is 4.90 Å². The van der Waals surface area contributed by atoms with Gasteiger partial charge in [0.1, 0.15) is 0 Å². The molecule has 0 aliphatic carbocycles. The average Bonchev–Trinajstić information content (AvgIpc) is 2.52. The zero-order valence-corrected chi connectivity index (χ0v) is 14.6. The number of amides is 2. The van der Waals surface area contributed by atoms with E-state index in [9.17, 15) is 9.59 Å². The van der Waals surface area contributed by atoms with Crippen LogP contribution < -0.4 is 10.6 Å². The van der Waals surface area contributed by atoms with Crippen molar-refractivity contribution in [2.45, 2.75) is 0 Å². The summed E-state index contributed by atoms with van der Waals surface area (Å²) in [7, 11) is 3.42. The molecule has 23 heavy (non-hydrogen) atoms. The minimum absolute atomic E-state index is 0.0519. The molecule has 0 saturated heterocycles. The van der Waals surface area contributed by atoms with Crippen LogP contribution in [-0.2, 0) is 4.79 Å². The number of nitrogens with one attached hydrogen (secondary N) is 2. The summed E-state index contributed by atoms with van der Waals surface area (Å²) in [6.07, 6.45) is 0. The number of halogens is 1. The first-order valence-corrected chi connectivity index (χ1v) is 7.86. The number of nitrogens with zero attached hydrogens (tertiary/aromatic N) is 1. The third-order valence-corrected chi connectivity index (χ3v) is 3.59. The molecule has 5 nitrogen and oxygen atoms in total. The molecule has 0 aromatic heterocycles. The number of hydrogen-bond donors (Lipinski definition) is 2. The minimum Gasteiger partial charge on any atom is -0.376 e. The summed E-state index contributed by atoms with van der Waals surface area (Å²) in [5, 5.41) is 5.83. The van der Waals surface area contributed by atoms with Crippen molar-refractivity contribution < 1.29 is 9.59 Å². The first-order valence-electron chi connectivity index (χ1n) is 7.07. The minimum atomic E-state index is -0.142. The van der Waals surface area contributed by atoms with Gasteiger partial charge in [-0.25, -0.2) is 0 Å². The van der Waals surface area contributed by atoms with Crippen molar-refractivity contribution in [2.24, 2.45) is 0 Å². The largest absolute Gasteiger partial charge is 0.376 e. The average molecular weight is 376 g/mol. The van der Waals surface area contributed by atoms with Gasteiger partial charge in [-0.3, -0.25) is 9.59 Å². The van der Waals surface area contributed by atoms with E-state index in [1.54, 1.807) is 38.4 Å². The van der Waals surface area contributed by atoms with Crippen LogP contribution in [0.15, 0.2) is 53.0 Å². The maximum Gasteiger partial charge on any atom is 0.253 e. The van der Waals surface area contributed by atoms with Crippen LogP contribution in [0.1, 0.15) is 10.4 Å². The zero-order valence-electron chi connectivity index (χ0n) is 13.0. The van der Waals surface area contributed by atoms with Gasteiger partial charge < -0.3 is 15.5 Å². The van der Waals surface area contributed by atoms with Crippen LogP contribution in [0.3, 0.4) is 0 Å². The molecule has 0 aliphatic heterocycles. The normalized spacial score (nSPS) is 10.0. The van der Waals surface area contributed by atoms with E-state index in [2.05, 4.69) is 26.6 Å². The molecule has 2 amide bonds. The maximum atomic E-state index is 11.9. The molecule has 0 radical (unpaired) electrons. The number of anilines is 2. The molecule has 6 heteroatoms. The van der Waals surface area contributed by atoms with Crippen LogP contribution in [0, 0.1) is 0 Å². The molecule has 0 fully saturated rings. The maximum absolute atomic E-state index is 11.9. The number of hydrogen-bond acceptors (Lipinski definition) is 3. The highest BCUT2D eigenvalue weighted by Crippen LogP contribution is 2.15. The van der Waals surface area contributed by atoms with E-state index in [-0.39, 0.29) is 18.4 Å². The van der Waals surface area contributed by atoms with Crippen molar-refractivity contribution in [3.05, 3.63) is 58.6 Å². The van der Waals surface area contributed by atoms with E-state index >= 15 is 0 Å². The van der Waals surface area contributed by atoms with E-state index in [1.165, 1.54) is 4.90 Å². The molecular formula is C17H18BrN3O2. The first-order chi connectivity index (χ1) is 11.0. The fourth-order valence-electron chi connectivity index (χ4n) is 1.94. The molecule has 0 saturated carbocycles. The Kier molecular flexibility index (Phi) is 5.76. The van der Waals surface area contributed by atoms with Crippen LogP contribution in [0.4, 0.5) is 11.4 Å². The second-order valence-electron chi connectivity index (χ2n) is 5.19. The molecule has 2 aromatic rings. The molecular weight excluding hydrogens is 358 g/mol. The Morgan fingerprint density at radius 2 is 1.74 bits per heavy atom. The SMILES string of the molecule is CN(C)C(=O)c1ccc(NCC(=O)Nc2cccc(Br)c2)cc1. The van der Waals surface area contributed by atoms with E-state index in [0.717, 1.165) is 15.8 Å². The topological polar surface area (TPSA) is 61.4 Å². The predicted octanol–water partition coefficient (Wildman–Crippen LogP) is 3.20. The van der Waals surface area contributed by atoms with Gasteiger partial charge >= 0.3 is 0 Å². The number of carbonyl (C=O) groups excluding carboxylic acids is 2. The third-order valence-electron chi connectivity index (χ3n) is 3.10. The fraction of sp³-hybridized carbons (Fsp3) is 0.176. The molecule has 0 spiro atoms. The van der Waals surface area contributed by atoms with Gasteiger partial charge in [0, 0.05) is 35.5 Å². The molecule has 0 heterocycles. The van der Waals surface area contributed by atoms with Gasteiger partial charge in [0.25, 0.3) is 5.91 Å². The van der Waals surface area contributed by atoms with Gasteiger partial charge in [0.05, 0.1) is 6.54 Å². The monoisotopic (exact) mass is 375 g/mol. The van der Waals surface area contributed by atoms with E-state index < -0.39 is 0 Å². The standard InChI is InChI=1S/C17H18BrN3O2/c1-21(2)17(23)12-6-8-14(9-7-12)19-11-16(22)20-15-5-3-4-13(18)10-15/h3-10,19H,11H2,1-2H3,(H,20,22). The quantitative estimate of drug-likeness (QED) is 0.843. The Morgan fingerprint density at radius 3 is 2.35 bits per heavy atom. The van der Waals surface area contributed by atoms with Gasteiger partial charge in [0.15, 0.2) is 0 Å². The van der Waals surface area contributed by atoms with Crippen molar-refractivity contribution in [3.63, 3.8) is 0 Å². The highest BCUT2D eigenvalue weighted by atomic mass is 79.9. The Morgan fingerprint density at radius 1 is 1.04 bits per heavy atom. The van der Waals surface area contributed by atoms with Crippen molar-refractivity contribution in [2.75, 3.05) is 31.3 Å². The molecule has 2 aromatic carbocycles. The van der Waals surface area contributed by atoms with Crippen LogP contribution in [-0.4, -0.2) is 37.4 Å². The predicted molar refractivity (Wildman–Crippen MR) is 95.7 cm³/mol. The number of carbonyl (C=O) groups is 2. The lowest BCUT2D eigenvalue weighted by atomic mass is 10.2. The smallest absolute Gasteiger partial charge is 0.253 e. The number of benzene rings is 2. The highest BCUT2D eigenvalue weighted by molar-refractivity contribution is 9.10. The molecule has 0 aliphatic rings. The van der Waals surface area contributed by atoms with Crippen molar-refractivity contribution in [3.8, 4) is 0 Å². The van der Waals surface area contributed by atoms with Crippen LogP contribution in [0.5, 0.6) is 0 Å². The summed E-state index contributed by atoms with van der Waals surface area (Å²) in [6, 6.07) is 14.4. The summed E-state index contributed by atoms with van der Waals surface area (Å²) >= 11 is 3.36. The van der Waals surface area contributed by atoms with Crippen LogP contribution >= 0.6 is 15.9 Å². The Bertz CT molecular complexity index is 699. The van der Waals surface area contributed by atoms with Crippen LogP contribution in [0.2, 0.25) is 0 Å². The lowest BCUT2D eigenvalue weighted by Gasteiger charge is -2.11. The lowest BCUT2D eigenvalue weighted by Crippen LogP contribution is -2.22.